The average molecular weight is 388 g/mol. The van der Waals surface area contributed by atoms with Crippen LogP contribution in [-0.2, 0) is 0 Å². The number of aromatic nitrogens is 1. The van der Waals surface area contributed by atoms with Crippen LogP contribution in [-0.4, -0.2) is 32.1 Å². The van der Waals surface area contributed by atoms with Crippen molar-refractivity contribution < 1.29 is 14.3 Å². The van der Waals surface area contributed by atoms with Crippen LogP contribution in [0.4, 0.5) is 11.5 Å². The van der Waals surface area contributed by atoms with Crippen LogP contribution in [0.25, 0.3) is 0 Å². The Bertz CT molecular complexity index is 1060. The monoisotopic (exact) mass is 388 g/mol. The lowest BCUT2D eigenvalue weighted by Crippen LogP contribution is -2.15. The summed E-state index contributed by atoms with van der Waals surface area (Å²) < 4.78 is 11.1. The van der Waals surface area contributed by atoms with Crippen molar-refractivity contribution in [3.05, 3.63) is 71.9 Å². The van der Waals surface area contributed by atoms with Crippen LogP contribution < -0.4 is 19.7 Å². The van der Waals surface area contributed by atoms with Crippen molar-refractivity contribution in [3.8, 4) is 23.3 Å². The summed E-state index contributed by atoms with van der Waals surface area (Å²) in [7, 11) is 5.25. The smallest absolute Gasteiger partial charge is 0.255 e. The quantitative estimate of drug-likeness (QED) is 0.685. The number of hydrogen-bond acceptors (Lipinski definition) is 6. The number of methoxy groups -OCH3 is 1. The minimum absolute atomic E-state index is 0.224. The molecule has 2 aromatic carbocycles. The van der Waals surface area contributed by atoms with Crippen molar-refractivity contribution in [2.24, 2.45) is 0 Å². The van der Waals surface area contributed by atoms with E-state index in [-0.39, 0.29) is 5.91 Å². The molecule has 0 fully saturated rings. The molecule has 0 bridgehead atoms. The maximum atomic E-state index is 12.5. The molecule has 7 heteroatoms. The number of pyridine rings is 1. The molecule has 0 saturated heterocycles. The predicted octanol–water partition coefficient (Wildman–Crippen LogP) is 4.07. The standard InChI is InChI=1S/C22H20N4O3/c1-26(2)21-13-16(10-11-24-21)22(27)25-17-5-7-18(8-6-17)29-19-9-4-15(14-23)12-20(19)28-3/h4-13H,1-3H3,(H,25,27). The number of ether oxygens (including phenoxy) is 2. The van der Waals surface area contributed by atoms with E-state index in [2.05, 4.69) is 16.4 Å². The fourth-order valence-corrected chi connectivity index (χ4v) is 2.56. The third kappa shape index (κ3) is 4.82. The third-order valence-corrected chi connectivity index (χ3v) is 4.10. The van der Waals surface area contributed by atoms with Crippen molar-refractivity contribution >= 4 is 17.4 Å². The second kappa shape index (κ2) is 8.76. The zero-order valence-electron chi connectivity index (χ0n) is 16.3. The molecule has 1 amide bonds. The molecule has 0 aliphatic rings. The highest BCUT2D eigenvalue weighted by Gasteiger charge is 2.10. The highest BCUT2D eigenvalue weighted by molar-refractivity contribution is 6.04. The summed E-state index contributed by atoms with van der Waals surface area (Å²) in [6.45, 7) is 0. The Kier molecular flexibility index (Phi) is 5.95. The van der Waals surface area contributed by atoms with Gasteiger partial charge in [0.1, 0.15) is 11.6 Å². The maximum absolute atomic E-state index is 12.5. The minimum Gasteiger partial charge on any atom is -0.493 e. The molecule has 7 nitrogen and oxygen atoms in total. The zero-order valence-corrected chi connectivity index (χ0v) is 16.3. The molecule has 146 valence electrons. The van der Waals surface area contributed by atoms with E-state index >= 15 is 0 Å². The van der Waals surface area contributed by atoms with Crippen LogP contribution in [0.2, 0.25) is 0 Å². The summed E-state index contributed by atoms with van der Waals surface area (Å²) in [6.07, 6.45) is 1.60. The number of carbonyl (C=O) groups excluding carboxylic acids is 1. The number of anilines is 2. The van der Waals surface area contributed by atoms with E-state index in [1.807, 2.05) is 19.0 Å². The third-order valence-electron chi connectivity index (χ3n) is 4.10. The van der Waals surface area contributed by atoms with Crippen molar-refractivity contribution in [2.75, 3.05) is 31.4 Å². The van der Waals surface area contributed by atoms with E-state index in [4.69, 9.17) is 14.7 Å². The summed E-state index contributed by atoms with van der Waals surface area (Å²) in [4.78, 5) is 18.5. The molecule has 3 aromatic rings. The van der Waals surface area contributed by atoms with E-state index < -0.39 is 0 Å². The first kappa shape index (κ1) is 19.7. The summed E-state index contributed by atoms with van der Waals surface area (Å²) in [6, 6.07) is 17.4. The number of hydrogen-bond donors (Lipinski definition) is 1. The Hall–Kier alpha value is -4.05. The van der Waals surface area contributed by atoms with Gasteiger partial charge in [-0.25, -0.2) is 4.98 Å². The van der Waals surface area contributed by atoms with Gasteiger partial charge in [-0.1, -0.05) is 0 Å². The number of carbonyl (C=O) groups is 1. The highest BCUT2D eigenvalue weighted by Crippen LogP contribution is 2.32. The molecule has 29 heavy (non-hydrogen) atoms. The molecule has 0 aliphatic carbocycles. The largest absolute Gasteiger partial charge is 0.493 e. The van der Waals surface area contributed by atoms with Gasteiger partial charge >= 0.3 is 0 Å². The van der Waals surface area contributed by atoms with E-state index in [9.17, 15) is 4.79 Å². The lowest BCUT2D eigenvalue weighted by atomic mass is 10.2. The van der Waals surface area contributed by atoms with Crippen molar-refractivity contribution in [2.45, 2.75) is 0 Å². The number of nitrogens with one attached hydrogen (secondary N) is 1. The fraction of sp³-hybridized carbons (Fsp3) is 0.136. The van der Waals surface area contributed by atoms with Gasteiger partial charge in [0.15, 0.2) is 11.5 Å². The Morgan fingerprint density at radius 2 is 1.83 bits per heavy atom. The molecule has 1 heterocycles. The number of nitrogens with zero attached hydrogens (tertiary/aromatic N) is 3. The van der Waals surface area contributed by atoms with Crippen molar-refractivity contribution in [1.29, 1.82) is 5.26 Å². The van der Waals surface area contributed by atoms with Crippen LogP contribution in [0.15, 0.2) is 60.8 Å². The second-order valence-electron chi connectivity index (χ2n) is 6.36. The highest BCUT2D eigenvalue weighted by atomic mass is 16.5. The Labute approximate surface area is 169 Å². The predicted molar refractivity (Wildman–Crippen MR) is 111 cm³/mol. The molecular formula is C22H20N4O3. The summed E-state index contributed by atoms with van der Waals surface area (Å²) in [5, 5.41) is 11.8. The molecule has 0 unspecified atom stereocenters. The number of amides is 1. The molecule has 0 radical (unpaired) electrons. The van der Waals surface area contributed by atoms with Gasteiger partial charge in [0.2, 0.25) is 0 Å². The maximum Gasteiger partial charge on any atom is 0.255 e. The van der Waals surface area contributed by atoms with Gasteiger partial charge in [0.05, 0.1) is 18.7 Å². The van der Waals surface area contributed by atoms with E-state index in [1.165, 1.54) is 7.11 Å². The van der Waals surface area contributed by atoms with Crippen molar-refractivity contribution in [1.82, 2.24) is 4.98 Å². The first-order chi connectivity index (χ1) is 14.0. The Morgan fingerprint density at radius 1 is 1.07 bits per heavy atom. The molecular weight excluding hydrogens is 368 g/mol. The van der Waals surface area contributed by atoms with Gasteiger partial charge in [0.25, 0.3) is 5.91 Å². The van der Waals surface area contributed by atoms with E-state index in [1.54, 1.807) is 60.8 Å². The summed E-state index contributed by atoms with van der Waals surface area (Å²) in [5.41, 5.74) is 1.64. The van der Waals surface area contributed by atoms with Crippen LogP contribution in [0.5, 0.6) is 17.2 Å². The topological polar surface area (TPSA) is 87.5 Å². The average Bonchev–Trinajstić information content (AvgIpc) is 2.75. The van der Waals surface area contributed by atoms with Gasteiger partial charge in [0, 0.05) is 37.6 Å². The van der Waals surface area contributed by atoms with Gasteiger partial charge in [-0.15, -0.1) is 0 Å². The molecule has 3 rings (SSSR count). The first-order valence-corrected chi connectivity index (χ1v) is 8.81. The number of rotatable bonds is 6. The van der Waals surface area contributed by atoms with Crippen LogP contribution in [0.3, 0.4) is 0 Å². The van der Waals surface area contributed by atoms with Crippen LogP contribution >= 0.6 is 0 Å². The van der Waals surface area contributed by atoms with E-state index in [0.717, 1.165) is 0 Å². The van der Waals surface area contributed by atoms with E-state index in [0.29, 0.717) is 39.9 Å². The van der Waals surface area contributed by atoms with Gasteiger partial charge in [-0.2, -0.15) is 5.26 Å². The summed E-state index contributed by atoms with van der Waals surface area (Å²) in [5.74, 6) is 2.02. The lowest BCUT2D eigenvalue weighted by molar-refractivity contribution is 0.102. The molecule has 0 aliphatic heterocycles. The van der Waals surface area contributed by atoms with Gasteiger partial charge < -0.3 is 19.7 Å². The second-order valence-corrected chi connectivity index (χ2v) is 6.36. The zero-order chi connectivity index (χ0) is 20.8. The van der Waals surface area contributed by atoms with Crippen molar-refractivity contribution in [3.63, 3.8) is 0 Å². The lowest BCUT2D eigenvalue weighted by Gasteiger charge is -2.13. The Balaban J connectivity index is 1.70. The van der Waals surface area contributed by atoms with Crippen LogP contribution in [0.1, 0.15) is 15.9 Å². The Morgan fingerprint density at radius 3 is 2.48 bits per heavy atom. The minimum atomic E-state index is -0.224. The first-order valence-electron chi connectivity index (χ1n) is 8.81. The molecule has 0 atom stereocenters. The summed E-state index contributed by atoms with van der Waals surface area (Å²) >= 11 is 0. The molecule has 0 spiro atoms. The number of nitriles is 1. The SMILES string of the molecule is COc1cc(C#N)ccc1Oc1ccc(NC(=O)c2ccnc(N(C)C)c2)cc1. The molecule has 1 N–H and O–H groups in total. The molecule has 0 saturated carbocycles. The van der Waals surface area contributed by atoms with Gasteiger partial charge in [-0.3, -0.25) is 4.79 Å². The van der Waals surface area contributed by atoms with Gasteiger partial charge in [-0.05, 0) is 48.5 Å². The number of benzene rings is 2. The molecule has 1 aromatic heterocycles. The fourth-order valence-electron chi connectivity index (χ4n) is 2.56. The normalized spacial score (nSPS) is 10.0. The van der Waals surface area contributed by atoms with Crippen LogP contribution in [0, 0.1) is 11.3 Å².